The highest BCUT2D eigenvalue weighted by molar-refractivity contribution is 7.99. The van der Waals surface area contributed by atoms with Gasteiger partial charge in [-0.05, 0) is 51.5 Å². The molecule has 3 rings (SSSR count). The summed E-state index contributed by atoms with van der Waals surface area (Å²) in [7, 11) is 0. The SMILES string of the molecule is Cc1occc1-c1nnc(SCC(=O)Nc2cccc(Cl)c2C)n1C(C)C. The number of halogens is 1. The molecule has 2 aromatic heterocycles. The number of thioether (sulfide) groups is 1. The van der Waals surface area contributed by atoms with Crippen LogP contribution in [-0.4, -0.2) is 26.4 Å². The van der Waals surface area contributed by atoms with Crippen molar-refractivity contribution in [1.29, 1.82) is 0 Å². The van der Waals surface area contributed by atoms with Crippen molar-refractivity contribution < 1.29 is 9.21 Å². The molecule has 0 aliphatic carbocycles. The number of nitrogens with one attached hydrogen (secondary N) is 1. The third-order valence-electron chi connectivity index (χ3n) is 4.15. The Bertz CT molecular complexity index is 965. The van der Waals surface area contributed by atoms with E-state index < -0.39 is 0 Å². The van der Waals surface area contributed by atoms with Crippen molar-refractivity contribution in [3.05, 3.63) is 46.9 Å². The summed E-state index contributed by atoms with van der Waals surface area (Å²) in [5, 5.41) is 12.8. The van der Waals surface area contributed by atoms with Gasteiger partial charge >= 0.3 is 0 Å². The number of aryl methyl sites for hydroxylation is 1. The molecular weight excluding hydrogens is 384 g/mol. The molecule has 27 heavy (non-hydrogen) atoms. The van der Waals surface area contributed by atoms with Crippen LogP contribution in [-0.2, 0) is 4.79 Å². The number of amides is 1. The van der Waals surface area contributed by atoms with Gasteiger partial charge in [-0.15, -0.1) is 10.2 Å². The fourth-order valence-electron chi connectivity index (χ4n) is 2.70. The van der Waals surface area contributed by atoms with Crippen LogP contribution in [0.1, 0.15) is 31.2 Å². The first-order valence-electron chi connectivity index (χ1n) is 8.55. The maximum absolute atomic E-state index is 12.4. The number of hydrogen-bond acceptors (Lipinski definition) is 5. The molecule has 0 unspecified atom stereocenters. The summed E-state index contributed by atoms with van der Waals surface area (Å²) in [5.41, 5.74) is 2.47. The molecule has 1 aromatic carbocycles. The van der Waals surface area contributed by atoms with Crippen molar-refractivity contribution in [3.8, 4) is 11.4 Å². The van der Waals surface area contributed by atoms with Crippen molar-refractivity contribution in [2.75, 3.05) is 11.1 Å². The van der Waals surface area contributed by atoms with Crippen molar-refractivity contribution in [2.45, 2.75) is 38.9 Å². The first-order chi connectivity index (χ1) is 12.9. The van der Waals surface area contributed by atoms with E-state index in [1.807, 2.05) is 36.6 Å². The topological polar surface area (TPSA) is 72.9 Å². The molecule has 142 valence electrons. The van der Waals surface area contributed by atoms with Crippen LogP contribution in [0, 0.1) is 13.8 Å². The van der Waals surface area contributed by atoms with E-state index in [-0.39, 0.29) is 17.7 Å². The molecule has 0 saturated heterocycles. The quantitative estimate of drug-likeness (QED) is 0.577. The second-order valence-electron chi connectivity index (χ2n) is 6.41. The fourth-order valence-corrected chi connectivity index (χ4v) is 3.74. The van der Waals surface area contributed by atoms with E-state index in [9.17, 15) is 4.79 Å². The molecule has 8 heteroatoms. The minimum absolute atomic E-state index is 0.121. The van der Waals surface area contributed by atoms with Crippen LogP contribution < -0.4 is 5.32 Å². The van der Waals surface area contributed by atoms with E-state index in [2.05, 4.69) is 29.4 Å². The van der Waals surface area contributed by atoms with Crippen molar-refractivity contribution in [1.82, 2.24) is 14.8 Å². The Kier molecular flexibility index (Phi) is 5.92. The maximum Gasteiger partial charge on any atom is 0.234 e. The Balaban J connectivity index is 1.74. The first kappa shape index (κ1) is 19.5. The van der Waals surface area contributed by atoms with Crippen molar-refractivity contribution in [3.63, 3.8) is 0 Å². The van der Waals surface area contributed by atoms with Gasteiger partial charge in [0.05, 0.1) is 17.6 Å². The van der Waals surface area contributed by atoms with Gasteiger partial charge in [-0.25, -0.2) is 0 Å². The molecule has 1 N–H and O–H groups in total. The molecule has 1 amide bonds. The highest BCUT2D eigenvalue weighted by Gasteiger charge is 2.20. The Morgan fingerprint density at radius 2 is 2.07 bits per heavy atom. The minimum Gasteiger partial charge on any atom is -0.469 e. The zero-order valence-electron chi connectivity index (χ0n) is 15.6. The molecule has 0 fully saturated rings. The predicted octanol–water partition coefficient (Wildman–Crippen LogP) is 5.12. The Morgan fingerprint density at radius 3 is 2.74 bits per heavy atom. The normalized spacial score (nSPS) is 11.2. The van der Waals surface area contributed by atoms with Gasteiger partial charge < -0.3 is 9.73 Å². The number of rotatable bonds is 6. The fraction of sp³-hybridized carbons (Fsp3) is 0.316. The van der Waals surface area contributed by atoms with Gasteiger partial charge in [0.25, 0.3) is 0 Å². The molecule has 0 aliphatic heterocycles. The van der Waals surface area contributed by atoms with Gasteiger partial charge in [0.1, 0.15) is 5.76 Å². The molecule has 2 heterocycles. The second kappa shape index (κ2) is 8.19. The summed E-state index contributed by atoms with van der Waals surface area (Å²) in [6.45, 7) is 7.88. The van der Waals surface area contributed by atoms with Gasteiger partial charge in [-0.2, -0.15) is 0 Å². The smallest absolute Gasteiger partial charge is 0.234 e. The van der Waals surface area contributed by atoms with E-state index in [0.717, 1.165) is 22.7 Å². The summed E-state index contributed by atoms with van der Waals surface area (Å²) in [4.78, 5) is 12.4. The molecule has 0 bridgehead atoms. The molecular formula is C19H21ClN4O2S. The van der Waals surface area contributed by atoms with Crippen LogP contribution >= 0.6 is 23.4 Å². The van der Waals surface area contributed by atoms with Crippen molar-refractivity contribution >= 4 is 35.0 Å². The summed E-state index contributed by atoms with van der Waals surface area (Å²) < 4.78 is 7.40. The molecule has 6 nitrogen and oxygen atoms in total. The van der Waals surface area contributed by atoms with Gasteiger partial charge in [0.2, 0.25) is 5.91 Å². The highest BCUT2D eigenvalue weighted by atomic mass is 35.5. The van der Waals surface area contributed by atoms with Crippen LogP contribution in [0.15, 0.2) is 40.1 Å². The van der Waals surface area contributed by atoms with Gasteiger partial charge in [0, 0.05) is 16.8 Å². The minimum atomic E-state index is -0.121. The molecule has 0 aliphatic rings. The van der Waals surface area contributed by atoms with E-state index >= 15 is 0 Å². The van der Waals surface area contributed by atoms with Crippen LogP contribution in [0.3, 0.4) is 0 Å². The summed E-state index contributed by atoms with van der Waals surface area (Å²) in [6.07, 6.45) is 1.64. The van der Waals surface area contributed by atoms with Gasteiger partial charge in [-0.1, -0.05) is 29.4 Å². The lowest BCUT2D eigenvalue weighted by molar-refractivity contribution is -0.113. The molecule has 0 saturated carbocycles. The number of carbonyl (C=O) groups is 1. The van der Waals surface area contributed by atoms with E-state index in [1.165, 1.54) is 11.8 Å². The molecule has 0 spiro atoms. The standard InChI is InChI=1S/C19H21ClN4O2S/c1-11(2)24-18(14-8-9-26-13(14)4)22-23-19(24)27-10-17(25)21-16-7-5-6-15(20)12(16)3/h5-9,11H,10H2,1-4H3,(H,21,25). The van der Waals surface area contributed by atoms with E-state index in [0.29, 0.717) is 15.9 Å². The van der Waals surface area contributed by atoms with Crippen LogP contribution in [0.4, 0.5) is 5.69 Å². The Morgan fingerprint density at radius 1 is 1.30 bits per heavy atom. The predicted molar refractivity (Wildman–Crippen MR) is 108 cm³/mol. The lowest BCUT2D eigenvalue weighted by atomic mass is 10.2. The lowest BCUT2D eigenvalue weighted by Gasteiger charge is -2.13. The van der Waals surface area contributed by atoms with E-state index in [4.69, 9.17) is 16.0 Å². The van der Waals surface area contributed by atoms with Crippen LogP contribution in [0.5, 0.6) is 0 Å². The first-order valence-corrected chi connectivity index (χ1v) is 9.92. The number of hydrogen-bond donors (Lipinski definition) is 1. The van der Waals surface area contributed by atoms with Gasteiger partial charge in [-0.3, -0.25) is 9.36 Å². The highest BCUT2D eigenvalue weighted by Crippen LogP contribution is 2.30. The van der Waals surface area contributed by atoms with E-state index in [1.54, 1.807) is 12.3 Å². The summed E-state index contributed by atoms with van der Waals surface area (Å²) in [6, 6.07) is 7.46. The second-order valence-corrected chi connectivity index (χ2v) is 7.76. The zero-order chi connectivity index (χ0) is 19.6. The average molecular weight is 405 g/mol. The number of benzene rings is 1. The summed E-state index contributed by atoms with van der Waals surface area (Å²) >= 11 is 7.45. The lowest BCUT2D eigenvalue weighted by Crippen LogP contribution is -2.15. The maximum atomic E-state index is 12.4. The zero-order valence-corrected chi connectivity index (χ0v) is 17.2. The third-order valence-corrected chi connectivity index (χ3v) is 5.51. The largest absolute Gasteiger partial charge is 0.469 e. The monoisotopic (exact) mass is 404 g/mol. The Hall–Kier alpha value is -2.25. The third kappa shape index (κ3) is 4.20. The molecule has 0 atom stereocenters. The summed E-state index contributed by atoms with van der Waals surface area (Å²) in [5.74, 6) is 1.63. The van der Waals surface area contributed by atoms with Crippen molar-refractivity contribution in [2.24, 2.45) is 0 Å². The van der Waals surface area contributed by atoms with Gasteiger partial charge in [0.15, 0.2) is 11.0 Å². The number of furan rings is 1. The average Bonchev–Trinajstić information content (AvgIpc) is 3.22. The number of anilines is 1. The molecule has 0 radical (unpaired) electrons. The number of aromatic nitrogens is 3. The Labute approximate surface area is 167 Å². The van der Waals surface area contributed by atoms with Crippen LogP contribution in [0.25, 0.3) is 11.4 Å². The number of nitrogens with zero attached hydrogens (tertiary/aromatic N) is 3. The van der Waals surface area contributed by atoms with Crippen LogP contribution in [0.2, 0.25) is 5.02 Å². The molecule has 3 aromatic rings. The number of carbonyl (C=O) groups excluding carboxylic acids is 1.